The first-order chi connectivity index (χ1) is 12.3. The van der Waals surface area contributed by atoms with Crippen LogP contribution >= 0.6 is 0 Å². The summed E-state index contributed by atoms with van der Waals surface area (Å²) in [6.07, 6.45) is 5.49. The molecular weight excluding hydrogens is 331 g/mol. The molecule has 0 spiro atoms. The lowest BCUT2D eigenvalue weighted by molar-refractivity contribution is -0.127. The van der Waals surface area contributed by atoms with Crippen molar-refractivity contribution in [1.29, 1.82) is 0 Å². The number of benzene rings is 1. The fourth-order valence-corrected chi connectivity index (χ4v) is 4.28. The largest absolute Gasteiger partial charge is 0.353 e. The van der Waals surface area contributed by atoms with Gasteiger partial charge < -0.3 is 10.6 Å². The maximum absolute atomic E-state index is 13.4. The van der Waals surface area contributed by atoms with Crippen molar-refractivity contribution in [2.45, 2.75) is 71.3 Å². The van der Waals surface area contributed by atoms with Gasteiger partial charge in [0.1, 0.15) is 5.82 Å². The van der Waals surface area contributed by atoms with Crippen molar-refractivity contribution in [3.63, 3.8) is 0 Å². The van der Waals surface area contributed by atoms with Crippen LogP contribution in [-0.2, 0) is 9.59 Å². The number of halogens is 1. The highest BCUT2D eigenvalue weighted by Gasteiger charge is 2.35. The van der Waals surface area contributed by atoms with Crippen molar-refractivity contribution in [2.24, 2.45) is 11.3 Å². The smallest absolute Gasteiger partial charge is 0.228 e. The molecule has 3 rings (SSSR count). The zero-order chi connectivity index (χ0) is 18.9. The molecule has 2 aliphatic rings. The second-order valence-electron chi connectivity index (χ2n) is 8.44. The molecule has 1 fully saturated rings. The average molecular weight is 360 g/mol. The second kappa shape index (κ2) is 7.37. The third-order valence-corrected chi connectivity index (χ3v) is 6.46. The number of carbonyl (C=O) groups excluding carboxylic acids is 2. The summed E-state index contributed by atoms with van der Waals surface area (Å²) < 4.78 is 13.4. The molecule has 4 nitrogen and oxygen atoms in total. The van der Waals surface area contributed by atoms with Gasteiger partial charge in [0, 0.05) is 18.2 Å². The molecule has 5 heteroatoms. The lowest BCUT2D eigenvalue weighted by Gasteiger charge is -2.39. The van der Waals surface area contributed by atoms with E-state index in [1.165, 1.54) is 18.6 Å². The molecule has 26 heavy (non-hydrogen) atoms. The Morgan fingerprint density at radius 3 is 2.62 bits per heavy atom. The SMILES string of the molecule is CCC(C)(C)C1CCC(NC(=O)C2CC(=O)Nc3cc(F)ccc32)CC1. The summed E-state index contributed by atoms with van der Waals surface area (Å²) >= 11 is 0. The first-order valence-electron chi connectivity index (χ1n) is 9.70. The van der Waals surface area contributed by atoms with Crippen LogP contribution in [-0.4, -0.2) is 17.9 Å². The molecule has 1 unspecified atom stereocenters. The van der Waals surface area contributed by atoms with Gasteiger partial charge in [-0.25, -0.2) is 4.39 Å². The Morgan fingerprint density at radius 1 is 1.27 bits per heavy atom. The summed E-state index contributed by atoms with van der Waals surface area (Å²) in [5, 5.41) is 5.80. The fourth-order valence-electron chi connectivity index (χ4n) is 4.28. The number of nitrogens with one attached hydrogen (secondary N) is 2. The zero-order valence-electron chi connectivity index (χ0n) is 15.9. The fraction of sp³-hybridized carbons (Fsp3) is 0.619. The third kappa shape index (κ3) is 3.92. The number of rotatable bonds is 4. The molecule has 1 aromatic carbocycles. The predicted octanol–water partition coefficient (Wildman–Crippen LogP) is 4.36. The molecule has 2 N–H and O–H groups in total. The maximum Gasteiger partial charge on any atom is 0.228 e. The molecule has 1 aromatic rings. The van der Waals surface area contributed by atoms with Crippen molar-refractivity contribution < 1.29 is 14.0 Å². The van der Waals surface area contributed by atoms with Crippen molar-refractivity contribution in [3.8, 4) is 0 Å². The Bertz CT molecular complexity index is 693. The summed E-state index contributed by atoms with van der Waals surface area (Å²) in [7, 11) is 0. The van der Waals surface area contributed by atoms with Gasteiger partial charge in [0.25, 0.3) is 0 Å². The van der Waals surface area contributed by atoms with Gasteiger partial charge in [-0.15, -0.1) is 0 Å². The third-order valence-electron chi connectivity index (χ3n) is 6.46. The number of carbonyl (C=O) groups is 2. The van der Waals surface area contributed by atoms with Crippen LogP contribution in [0.2, 0.25) is 0 Å². The van der Waals surface area contributed by atoms with E-state index in [0.717, 1.165) is 25.7 Å². The lowest BCUT2D eigenvalue weighted by Crippen LogP contribution is -2.43. The van der Waals surface area contributed by atoms with E-state index in [-0.39, 0.29) is 24.3 Å². The van der Waals surface area contributed by atoms with Crippen LogP contribution in [0, 0.1) is 17.2 Å². The van der Waals surface area contributed by atoms with Crippen LogP contribution < -0.4 is 10.6 Å². The highest BCUT2D eigenvalue weighted by Crippen LogP contribution is 2.40. The number of hydrogen-bond donors (Lipinski definition) is 2. The number of fused-ring (bicyclic) bond motifs is 1. The minimum Gasteiger partial charge on any atom is -0.353 e. The van der Waals surface area contributed by atoms with Crippen LogP contribution in [0.3, 0.4) is 0 Å². The van der Waals surface area contributed by atoms with Gasteiger partial charge in [0.2, 0.25) is 11.8 Å². The molecule has 1 heterocycles. The van der Waals surface area contributed by atoms with E-state index < -0.39 is 11.7 Å². The lowest BCUT2D eigenvalue weighted by atomic mass is 9.69. The van der Waals surface area contributed by atoms with Gasteiger partial charge in [-0.1, -0.05) is 33.3 Å². The topological polar surface area (TPSA) is 58.2 Å². The Hall–Kier alpha value is -1.91. The van der Waals surface area contributed by atoms with Crippen LogP contribution in [0.25, 0.3) is 0 Å². The summed E-state index contributed by atoms with van der Waals surface area (Å²) in [5.74, 6) is -0.612. The van der Waals surface area contributed by atoms with Crippen LogP contribution in [0.4, 0.5) is 10.1 Å². The van der Waals surface area contributed by atoms with E-state index in [2.05, 4.69) is 31.4 Å². The normalized spacial score (nSPS) is 26.0. The quantitative estimate of drug-likeness (QED) is 0.838. The monoisotopic (exact) mass is 360 g/mol. The minimum atomic E-state index is -0.538. The summed E-state index contributed by atoms with van der Waals surface area (Å²) in [6, 6.07) is 4.40. The average Bonchev–Trinajstić information content (AvgIpc) is 2.61. The first-order valence-corrected chi connectivity index (χ1v) is 9.70. The van der Waals surface area contributed by atoms with Gasteiger partial charge in [0.05, 0.1) is 5.92 Å². The molecule has 142 valence electrons. The van der Waals surface area contributed by atoms with E-state index in [1.54, 1.807) is 6.07 Å². The van der Waals surface area contributed by atoms with Gasteiger partial charge in [-0.2, -0.15) is 0 Å². The van der Waals surface area contributed by atoms with Gasteiger partial charge >= 0.3 is 0 Å². The van der Waals surface area contributed by atoms with E-state index >= 15 is 0 Å². The van der Waals surface area contributed by atoms with Crippen molar-refractivity contribution >= 4 is 17.5 Å². The Kier molecular flexibility index (Phi) is 5.35. The molecule has 1 saturated carbocycles. The molecular formula is C21H29FN2O2. The van der Waals surface area contributed by atoms with Gasteiger partial charge in [-0.05, 0) is 54.7 Å². The van der Waals surface area contributed by atoms with Crippen molar-refractivity contribution in [2.75, 3.05) is 5.32 Å². The van der Waals surface area contributed by atoms with E-state index in [0.29, 0.717) is 22.6 Å². The Morgan fingerprint density at radius 2 is 1.96 bits per heavy atom. The molecule has 1 aliphatic heterocycles. The summed E-state index contributed by atoms with van der Waals surface area (Å²) in [6.45, 7) is 6.89. The van der Waals surface area contributed by atoms with Crippen LogP contribution in [0.1, 0.15) is 70.8 Å². The highest BCUT2D eigenvalue weighted by atomic mass is 19.1. The Labute approximate surface area is 154 Å². The molecule has 1 aliphatic carbocycles. The van der Waals surface area contributed by atoms with Crippen molar-refractivity contribution in [1.82, 2.24) is 5.32 Å². The molecule has 0 radical (unpaired) electrons. The van der Waals surface area contributed by atoms with Crippen LogP contribution in [0.5, 0.6) is 0 Å². The van der Waals surface area contributed by atoms with E-state index in [1.807, 2.05) is 0 Å². The molecule has 2 amide bonds. The van der Waals surface area contributed by atoms with Crippen LogP contribution in [0.15, 0.2) is 18.2 Å². The van der Waals surface area contributed by atoms with Crippen molar-refractivity contribution in [3.05, 3.63) is 29.6 Å². The zero-order valence-corrected chi connectivity index (χ0v) is 15.9. The molecule has 0 saturated heterocycles. The van der Waals surface area contributed by atoms with Gasteiger partial charge in [-0.3, -0.25) is 9.59 Å². The van der Waals surface area contributed by atoms with Gasteiger partial charge in [0.15, 0.2) is 0 Å². The maximum atomic E-state index is 13.4. The summed E-state index contributed by atoms with van der Waals surface area (Å²) in [5.41, 5.74) is 1.46. The van der Waals surface area contributed by atoms with E-state index in [9.17, 15) is 14.0 Å². The number of hydrogen-bond acceptors (Lipinski definition) is 2. The molecule has 1 atom stereocenters. The number of amides is 2. The molecule has 0 aromatic heterocycles. The Balaban J connectivity index is 1.64. The van der Waals surface area contributed by atoms with E-state index in [4.69, 9.17) is 0 Å². The summed E-state index contributed by atoms with van der Waals surface area (Å²) in [4.78, 5) is 24.7. The molecule has 0 bridgehead atoms. The highest BCUT2D eigenvalue weighted by molar-refractivity contribution is 6.01. The predicted molar refractivity (Wildman–Crippen MR) is 100 cm³/mol. The minimum absolute atomic E-state index is 0.114. The number of anilines is 1. The standard InChI is InChI=1S/C21H29FN2O2/c1-4-21(2,3)13-5-8-15(9-6-13)23-20(26)17-12-19(25)24-18-11-14(22)7-10-16(17)18/h7,10-11,13,15,17H,4-6,8-9,12H2,1-3H3,(H,23,26)(H,24,25). The second-order valence-corrected chi connectivity index (χ2v) is 8.44. The first kappa shape index (κ1) is 18.9.